The molecular formula is C24H25N3O4. The number of esters is 1. The van der Waals surface area contributed by atoms with Crippen LogP contribution in [0.4, 0.5) is 5.69 Å². The van der Waals surface area contributed by atoms with Crippen LogP contribution in [-0.2, 0) is 14.3 Å². The van der Waals surface area contributed by atoms with Crippen LogP contribution in [0.15, 0.2) is 66.7 Å². The van der Waals surface area contributed by atoms with Crippen LogP contribution in [0.2, 0.25) is 0 Å². The van der Waals surface area contributed by atoms with Gasteiger partial charge in [0, 0.05) is 11.1 Å². The summed E-state index contributed by atoms with van der Waals surface area (Å²) >= 11 is 0. The lowest BCUT2D eigenvalue weighted by Crippen LogP contribution is -2.44. The monoisotopic (exact) mass is 419 g/mol. The zero-order valence-corrected chi connectivity index (χ0v) is 17.8. The highest BCUT2D eigenvalue weighted by atomic mass is 16.6. The number of hydrogen-bond acceptors (Lipinski definition) is 5. The van der Waals surface area contributed by atoms with Gasteiger partial charge in [0.15, 0.2) is 0 Å². The van der Waals surface area contributed by atoms with E-state index >= 15 is 0 Å². The van der Waals surface area contributed by atoms with E-state index < -0.39 is 23.4 Å². The Morgan fingerprint density at radius 3 is 2.32 bits per heavy atom. The molecule has 7 nitrogen and oxygen atoms in total. The summed E-state index contributed by atoms with van der Waals surface area (Å²) in [5.74, 6) is -1.44. The van der Waals surface area contributed by atoms with Crippen LogP contribution in [0.5, 0.6) is 0 Å². The summed E-state index contributed by atoms with van der Waals surface area (Å²) in [4.78, 5) is 43.3. The Morgan fingerprint density at radius 2 is 1.61 bits per heavy atom. The SMILES string of the molecule is CC(C)(C)OC(=O)CN(C(=O)CNC(=O)c1ccc2ccccc2n1)c1ccccc1. The third kappa shape index (κ3) is 6.12. The molecule has 1 aromatic heterocycles. The molecule has 7 heteroatoms. The minimum absolute atomic E-state index is 0.213. The highest BCUT2D eigenvalue weighted by Gasteiger charge is 2.24. The lowest BCUT2D eigenvalue weighted by molar-refractivity contribution is -0.153. The van der Waals surface area contributed by atoms with Gasteiger partial charge in [-0.1, -0.05) is 42.5 Å². The lowest BCUT2D eigenvalue weighted by Gasteiger charge is -2.25. The molecule has 0 bridgehead atoms. The number of nitrogens with one attached hydrogen (secondary N) is 1. The molecule has 0 saturated heterocycles. The van der Waals surface area contributed by atoms with Gasteiger partial charge in [0.25, 0.3) is 5.91 Å². The maximum atomic E-state index is 12.9. The number of ether oxygens (including phenoxy) is 1. The number of hydrogen-bond donors (Lipinski definition) is 1. The Morgan fingerprint density at radius 1 is 0.935 bits per heavy atom. The predicted molar refractivity (Wildman–Crippen MR) is 119 cm³/mol. The van der Waals surface area contributed by atoms with Crippen molar-refractivity contribution in [3.8, 4) is 0 Å². The van der Waals surface area contributed by atoms with Crippen molar-refractivity contribution in [3.63, 3.8) is 0 Å². The first-order valence-corrected chi connectivity index (χ1v) is 9.94. The fourth-order valence-corrected chi connectivity index (χ4v) is 2.97. The molecule has 0 spiro atoms. The quantitative estimate of drug-likeness (QED) is 0.619. The van der Waals surface area contributed by atoms with Crippen LogP contribution in [0.25, 0.3) is 10.9 Å². The van der Waals surface area contributed by atoms with Crippen LogP contribution in [0.3, 0.4) is 0 Å². The van der Waals surface area contributed by atoms with E-state index in [0.29, 0.717) is 11.2 Å². The fraction of sp³-hybridized carbons (Fsp3) is 0.250. The summed E-state index contributed by atoms with van der Waals surface area (Å²) in [5, 5.41) is 3.51. The van der Waals surface area contributed by atoms with E-state index in [4.69, 9.17) is 4.74 Å². The molecule has 2 aromatic carbocycles. The normalized spacial score (nSPS) is 11.1. The van der Waals surface area contributed by atoms with Crippen molar-refractivity contribution in [2.75, 3.05) is 18.0 Å². The van der Waals surface area contributed by atoms with Crippen molar-refractivity contribution in [1.29, 1.82) is 0 Å². The number of benzene rings is 2. The van der Waals surface area contributed by atoms with Crippen LogP contribution in [0, 0.1) is 0 Å². The van der Waals surface area contributed by atoms with Gasteiger partial charge in [-0.15, -0.1) is 0 Å². The summed E-state index contributed by atoms with van der Waals surface area (Å²) in [6.45, 7) is 4.73. The topological polar surface area (TPSA) is 88.6 Å². The molecule has 0 aliphatic rings. The van der Waals surface area contributed by atoms with E-state index in [2.05, 4.69) is 10.3 Å². The van der Waals surface area contributed by atoms with E-state index in [1.165, 1.54) is 4.90 Å². The van der Waals surface area contributed by atoms with Gasteiger partial charge in [-0.3, -0.25) is 19.3 Å². The van der Waals surface area contributed by atoms with Crippen molar-refractivity contribution < 1.29 is 19.1 Å². The Balaban J connectivity index is 1.70. The summed E-state index contributed by atoms with van der Waals surface area (Å²) < 4.78 is 5.35. The molecule has 1 N–H and O–H groups in total. The number of pyridine rings is 1. The zero-order chi connectivity index (χ0) is 22.4. The molecule has 0 aliphatic carbocycles. The predicted octanol–water partition coefficient (Wildman–Crippen LogP) is 3.34. The first kappa shape index (κ1) is 22.0. The van der Waals surface area contributed by atoms with E-state index in [1.54, 1.807) is 57.2 Å². The molecule has 160 valence electrons. The second-order valence-corrected chi connectivity index (χ2v) is 7.97. The van der Waals surface area contributed by atoms with Gasteiger partial charge in [0.05, 0.1) is 12.1 Å². The number of amides is 2. The number of carbonyl (C=O) groups excluding carboxylic acids is 3. The Kier molecular flexibility index (Phi) is 6.65. The molecule has 0 unspecified atom stereocenters. The second-order valence-electron chi connectivity index (χ2n) is 7.97. The van der Waals surface area contributed by atoms with Crippen LogP contribution in [0.1, 0.15) is 31.3 Å². The number of para-hydroxylation sites is 2. The van der Waals surface area contributed by atoms with E-state index in [0.717, 1.165) is 5.39 Å². The minimum Gasteiger partial charge on any atom is -0.459 e. The number of aromatic nitrogens is 1. The zero-order valence-electron chi connectivity index (χ0n) is 17.8. The van der Waals surface area contributed by atoms with Crippen LogP contribution in [-0.4, -0.2) is 41.5 Å². The molecule has 0 saturated carbocycles. The summed E-state index contributed by atoms with van der Waals surface area (Å²) in [6, 6.07) is 19.6. The number of rotatable bonds is 6. The van der Waals surface area contributed by atoms with E-state index in [9.17, 15) is 14.4 Å². The van der Waals surface area contributed by atoms with Gasteiger partial charge >= 0.3 is 5.97 Å². The lowest BCUT2D eigenvalue weighted by atomic mass is 10.2. The Labute approximate surface area is 181 Å². The number of nitrogens with zero attached hydrogens (tertiary/aromatic N) is 2. The van der Waals surface area contributed by atoms with Crippen molar-refractivity contribution >= 4 is 34.4 Å². The molecule has 2 amide bonds. The molecule has 0 fully saturated rings. The van der Waals surface area contributed by atoms with Gasteiger partial charge in [0.2, 0.25) is 5.91 Å². The summed E-state index contributed by atoms with van der Waals surface area (Å²) in [7, 11) is 0. The average Bonchev–Trinajstić information content (AvgIpc) is 2.74. The first-order valence-electron chi connectivity index (χ1n) is 9.94. The average molecular weight is 419 g/mol. The molecule has 3 aromatic rings. The maximum absolute atomic E-state index is 12.9. The molecule has 1 heterocycles. The largest absolute Gasteiger partial charge is 0.459 e. The third-order valence-corrected chi connectivity index (χ3v) is 4.31. The molecular weight excluding hydrogens is 394 g/mol. The van der Waals surface area contributed by atoms with Crippen LogP contribution < -0.4 is 10.2 Å². The molecule has 3 rings (SSSR count). The van der Waals surface area contributed by atoms with Crippen molar-refractivity contribution in [2.24, 2.45) is 0 Å². The standard InChI is InChI=1S/C24H25N3O4/c1-24(2,3)31-22(29)16-27(18-10-5-4-6-11-18)21(28)15-25-23(30)20-14-13-17-9-7-8-12-19(17)26-20/h4-14H,15-16H2,1-3H3,(H,25,30). The Hall–Kier alpha value is -3.74. The number of fused-ring (bicyclic) bond motifs is 1. The van der Waals surface area contributed by atoms with Gasteiger partial charge in [-0.25, -0.2) is 4.98 Å². The van der Waals surface area contributed by atoms with Crippen molar-refractivity contribution in [2.45, 2.75) is 26.4 Å². The first-order chi connectivity index (χ1) is 14.7. The van der Waals surface area contributed by atoms with Gasteiger partial charge in [-0.2, -0.15) is 0 Å². The summed E-state index contributed by atoms with van der Waals surface area (Å²) in [5.41, 5.74) is 0.775. The smallest absolute Gasteiger partial charge is 0.326 e. The summed E-state index contributed by atoms with van der Waals surface area (Å²) in [6.07, 6.45) is 0. The minimum atomic E-state index is -0.668. The Bertz CT molecular complexity index is 1090. The van der Waals surface area contributed by atoms with Gasteiger partial charge < -0.3 is 10.1 Å². The van der Waals surface area contributed by atoms with E-state index in [-0.39, 0.29) is 18.8 Å². The molecule has 0 aliphatic heterocycles. The van der Waals surface area contributed by atoms with Crippen molar-refractivity contribution in [1.82, 2.24) is 10.3 Å². The number of anilines is 1. The van der Waals surface area contributed by atoms with Crippen LogP contribution >= 0.6 is 0 Å². The van der Waals surface area contributed by atoms with E-state index in [1.807, 2.05) is 30.3 Å². The molecule has 0 radical (unpaired) electrons. The van der Waals surface area contributed by atoms with Crippen molar-refractivity contribution in [3.05, 3.63) is 72.4 Å². The molecule has 0 atom stereocenters. The van der Waals surface area contributed by atoms with Gasteiger partial charge in [0.1, 0.15) is 17.8 Å². The highest BCUT2D eigenvalue weighted by Crippen LogP contribution is 2.15. The third-order valence-electron chi connectivity index (χ3n) is 4.31. The highest BCUT2D eigenvalue weighted by molar-refractivity contribution is 6.02. The number of carbonyl (C=O) groups is 3. The maximum Gasteiger partial charge on any atom is 0.326 e. The second kappa shape index (κ2) is 9.38. The fourth-order valence-electron chi connectivity index (χ4n) is 2.97. The van der Waals surface area contributed by atoms with Gasteiger partial charge in [-0.05, 0) is 45.0 Å². The molecule has 31 heavy (non-hydrogen) atoms.